The summed E-state index contributed by atoms with van der Waals surface area (Å²) in [6, 6.07) is 32.0. The summed E-state index contributed by atoms with van der Waals surface area (Å²) in [6.45, 7) is 35.7. The first kappa shape index (κ1) is 45.5. The van der Waals surface area contributed by atoms with Gasteiger partial charge in [0.1, 0.15) is 0 Å². The van der Waals surface area contributed by atoms with Crippen LogP contribution in [-0.4, -0.2) is 18.3 Å². The van der Waals surface area contributed by atoms with Gasteiger partial charge in [-0.15, -0.1) is 0 Å². The Labute approximate surface area is 349 Å². The van der Waals surface area contributed by atoms with Crippen LogP contribution in [0, 0.1) is 0 Å². The van der Waals surface area contributed by atoms with Gasteiger partial charge in [-0.05, 0) is 160 Å². The molecule has 1 fully saturated rings. The van der Waals surface area contributed by atoms with Crippen molar-refractivity contribution in [3.05, 3.63) is 112 Å². The molecule has 56 heavy (non-hydrogen) atoms. The summed E-state index contributed by atoms with van der Waals surface area (Å²) < 4.78 is 14.4. The van der Waals surface area contributed by atoms with E-state index in [1.54, 1.807) is 0 Å². The van der Waals surface area contributed by atoms with Crippen LogP contribution in [0.25, 0.3) is 43.1 Å². The molecule has 4 heteroatoms. The molecule has 2 nitrogen and oxygen atoms in total. The van der Waals surface area contributed by atoms with Gasteiger partial charge in [0, 0.05) is 4.47 Å². The molecule has 0 aromatic heterocycles. The molecule has 7 rings (SSSR count). The third-order valence-corrected chi connectivity index (χ3v) is 12.7. The van der Waals surface area contributed by atoms with Crippen molar-refractivity contribution in [1.29, 1.82) is 0 Å². The van der Waals surface area contributed by atoms with E-state index in [0.29, 0.717) is 0 Å². The predicted molar refractivity (Wildman–Crippen MR) is 255 cm³/mol. The van der Waals surface area contributed by atoms with Crippen LogP contribution in [0.2, 0.25) is 0 Å². The number of fused-ring (bicyclic) bond motifs is 4. The van der Waals surface area contributed by atoms with Crippen LogP contribution in [0.5, 0.6) is 0 Å². The molecule has 1 aliphatic rings. The molecule has 0 unspecified atom stereocenters. The topological polar surface area (TPSA) is 18.5 Å². The van der Waals surface area contributed by atoms with Gasteiger partial charge in [-0.2, -0.15) is 0 Å². The summed E-state index contributed by atoms with van der Waals surface area (Å²) in [5.41, 5.74) is 6.26. The molecule has 6 aromatic rings. The highest BCUT2D eigenvalue weighted by molar-refractivity contribution is 9.10. The van der Waals surface area contributed by atoms with Crippen molar-refractivity contribution in [3.63, 3.8) is 0 Å². The summed E-state index contributed by atoms with van der Waals surface area (Å²) >= 11 is 3.88. The van der Waals surface area contributed by atoms with Crippen LogP contribution in [0.1, 0.15) is 148 Å². The highest BCUT2D eigenvalue weighted by atomic mass is 79.9. The number of halogens is 1. The number of benzene rings is 6. The molecule has 0 bridgehead atoms. The lowest BCUT2D eigenvalue weighted by molar-refractivity contribution is 0.00578. The van der Waals surface area contributed by atoms with Gasteiger partial charge in [0.2, 0.25) is 0 Å². The van der Waals surface area contributed by atoms with Gasteiger partial charge in [-0.25, -0.2) is 0 Å². The van der Waals surface area contributed by atoms with Crippen LogP contribution >= 0.6 is 15.9 Å². The second-order valence-electron chi connectivity index (χ2n) is 20.8. The molecule has 6 aromatic carbocycles. The van der Waals surface area contributed by atoms with Gasteiger partial charge in [0.05, 0.1) is 11.2 Å². The summed E-state index contributed by atoms with van der Waals surface area (Å²) in [4.78, 5) is 0. The van der Waals surface area contributed by atoms with E-state index in [0.717, 1.165) is 5.46 Å². The average molecular weight is 818 g/mol. The minimum atomic E-state index is -0.401. The van der Waals surface area contributed by atoms with E-state index >= 15 is 0 Å². The Hall–Kier alpha value is -3.18. The smallest absolute Gasteiger partial charge is 0.399 e. The first-order chi connectivity index (χ1) is 24.7. The molecule has 1 aliphatic heterocycles. The second kappa shape index (κ2) is 15.2. The van der Waals surface area contributed by atoms with Gasteiger partial charge in [-0.1, -0.05) is 159 Å². The van der Waals surface area contributed by atoms with Gasteiger partial charge in [0.25, 0.3) is 0 Å². The molecule has 0 aliphatic carbocycles. The zero-order valence-corrected chi connectivity index (χ0v) is 37.4. The van der Waals surface area contributed by atoms with E-state index < -0.39 is 7.12 Å². The van der Waals surface area contributed by atoms with E-state index in [1.165, 1.54) is 69.8 Å². The quantitative estimate of drug-likeness (QED) is 0.122. The van der Waals surface area contributed by atoms with Crippen molar-refractivity contribution in [3.8, 4) is 0 Å². The van der Waals surface area contributed by atoms with Crippen molar-refractivity contribution in [2.75, 3.05) is 0 Å². The van der Waals surface area contributed by atoms with Gasteiger partial charge in [0.15, 0.2) is 0 Å². The Morgan fingerprint density at radius 3 is 0.929 bits per heavy atom. The van der Waals surface area contributed by atoms with Crippen molar-refractivity contribution >= 4 is 71.6 Å². The molecule has 0 amide bonds. The minimum absolute atomic E-state index is 0. The normalized spacial score (nSPS) is 15.8. The molecular formula is C52H70BBrO2. The number of rotatable bonds is 1. The maximum atomic E-state index is 6.60. The molecule has 0 atom stereocenters. The number of hydrogen-bond acceptors (Lipinski definition) is 2. The Morgan fingerprint density at radius 1 is 0.411 bits per heavy atom. The van der Waals surface area contributed by atoms with Crippen molar-refractivity contribution < 1.29 is 9.31 Å². The van der Waals surface area contributed by atoms with E-state index in [-0.39, 0.29) is 47.7 Å². The summed E-state index contributed by atoms with van der Waals surface area (Å²) in [5.74, 6) is 0. The fraction of sp³-hybridized carbons (Fsp3) is 0.462. The first-order valence-electron chi connectivity index (χ1n) is 19.7. The van der Waals surface area contributed by atoms with Crippen LogP contribution in [0.4, 0.5) is 0 Å². The Kier molecular flexibility index (Phi) is 12.4. The van der Waals surface area contributed by atoms with E-state index in [4.69, 9.17) is 9.31 Å². The Balaban J connectivity index is 0.000000250. The molecule has 1 saturated heterocycles. The summed E-state index contributed by atoms with van der Waals surface area (Å²) in [6.07, 6.45) is 0. The maximum Gasteiger partial charge on any atom is 0.496 e. The maximum absolute atomic E-state index is 6.60. The van der Waals surface area contributed by atoms with Crippen molar-refractivity contribution in [2.24, 2.45) is 0 Å². The fourth-order valence-corrected chi connectivity index (χ4v) is 7.97. The molecule has 300 valence electrons. The van der Waals surface area contributed by atoms with Gasteiger partial charge in [-0.3, -0.25) is 0 Å². The molecule has 0 saturated carbocycles. The monoisotopic (exact) mass is 816 g/mol. The largest absolute Gasteiger partial charge is 0.496 e. The molecule has 0 spiro atoms. The fourth-order valence-electron chi connectivity index (χ4n) is 7.28. The van der Waals surface area contributed by atoms with E-state index in [9.17, 15) is 0 Å². The minimum Gasteiger partial charge on any atom is -0.399 e. The zero-order chi connectivity index (χ0) is 40.0. The van der Waals surface area contributed by atoms with Crippen LogP contribution < -0.4 is 5.46 Å². The standard InChI is InChI=1S/C28H37BO2.C22H25Br.2CH4/c1-25(2,3)20-13-11-18-15-19-12-14-21(26(4,5)6)17-23(19)24(22(18)16-20)29-30-27(7,8)28(9,10)31-29;1-21(2,3)16-9-7-14-11-15-8-10-17(22(4,5)6)13-19(15)20(23)18(14)12-16;;/h11-17H,1-10H3;7-13H,1-6H3;2*1H4. The SMILES string of the molecule is C.C.CC(C)(C)c1ccc2cc3ccc(C(C)(C)C)cc3c(B3OC(C)(C)C(C)(C)O3)c2c1.CC(C)(C)c1ccc2cc3ccc(C(C)(C)C)cc3c(Br)c2c1. The van der Waals surface area contributed by atoms with E-state index in [1.807, 2.05) is 0 Å². The average Bonchev–Trinajstić information content (AvgIpc) is 3.26. The number of hydrogen-bond donors (Lipinski definition) is 0. The van der Waals surface area contributed by atoms with Gasteiger partial charge < -0.3 is 9.31 Å². The lowest BCUT2D eigenvalue weighted by Crippen LogP contribution is -2.41. The Bertz CT molecular complexity index is 2230. The third kappa shape index (κ3) is 8.79. The first-order valence-corrected chi connectivity index (χ1v) is 20.5. The lowest BCUT2D eigenvalue weighted by atomic mass is 9.71. The van der Waals surface area contributed by atoms with Crippen molar-refractivity contribution in [2.45, 2.75) is 158 Å². The zero-order valence-electron chi connectivity index (χ0n) is 35.9. The predicted octanol–water partition coefficient (Wildman–Crippen LogP) is 15.5. The van der Waals surface area contributed by atoms with Crippen LogP contribution in [-0.2, 0) is 31.0 Å². The third-order valence-electron chi connectivity index (χ3n) is 11.8. The summed E-state index contributed by atoms with van der Waals surface area (Å²) in [5, 5.41) is 10.1. The van der Waals surface area contributed by atoms with Crippen molar-refractivity contribution in [1.82, 2.24) is 0 Å². The lowest BCUT2D eigenvalue weighted by Gasteiger charge is -2.32. The second-order valence-corrected chi connectivity index (χ2v) is 21.6. The summed E-state index contributed by atoms with van der Waals surface area (Å²) in [7, 11) is -0.401. The highest BCUT2D eigenvalue weighted by Crippen LogP contribution is 2.40. The van der Waals surface area contributed by atoms with Crippen LogP contribution in [0.3, 0.4) is 0 Å². The van der Waals surface area contributed by atoms with Crippen LogP contribution in [0.15, 0.2) is 89.4 Å². The Morgan fingerprint density at radius 2 is 0.661 bits per heavy atom. The molecular weight excluding hydrogens is 747 g/mol. The molecule has 0 N–H and O–H groups in total. The highest BCUT2D eigenvalue weighted by Gasteiger charge is 2.52. The van der Waals surface area contributed by atoms with Gasteiger partial charge >= 0.3 is 7.12 Å². The molecule has 1 heterocycles. The van der Waals surface area contributed by atoms with E-state index in [2.05, 4.69) is 212 Å². The molecule has 0 radical (unpaired) electrons.